The lowest BCUT2D eigenvalue weighted by Gasteiger charge is -2.15. The molecule has 1 aliphatic rings. The van der Waals surface area contributed by atoms with E-state index in [1.165, 1.54) is 23.5 Å². The molecule has 0 spiro atoms. The summed E-state index contributed by atoms with van der Waals surface area (Å²) >= 11 is 2.23. The Morgan fingerprint density at radius 1 is 1.25 bits per heavy atom. The second-order valence-electron chi connectivity index (χ2n) is 7.18. The number of carbonyl (C=O) groups is 2. The first-order valence-electron chi connectivity index (χ1n) is 9.62. The molecule has 0 unspecified atom stereocenters. The predicted octanol–water partition coefficient (Wildman–Crippen LogP) is 3.63. The first kappa shape index (κ1) is 22.3. The fraction of sp³-hybridized carbons (Fsp3) is 0.300. The number of thiophene rings is 1. The van der Waals surface area contributed by atoms with Crippen LogP contribution in [0.4, 0.5) is 18.0 Å². The van der Waals surface area contributed by atoms with E-state index < -0.39 is 29.2 Å². The van der Waals surface area contributed by atoms with E-state index >= 15 is 0 Å². The predicted molar refractivity (Wildman–Crippen MR) is 115 cm³/mol. The van der Waals surface area contributed by atoms with Crippen LogP contribution in [0.25, 0.3) is 15.9 Å². The van der Waals surface area contributed by atoms with Gasteiger partial charge in [0.1, 0.15) is 4.83 Å². The molecule has 2 aromatic heterocycles. The van der Waals surface area contributed by atoms with Crippen LogP contribution in [0.15, 0.2) is 34.2 Å². The number of imide groups is 1. The number of hydrogen-bond acceptors (Lipinski definition) is 6. The van der Waals surface area contributed by atoms with Crippen molar-refractivity contribution < 1.29 is 22.8 Å². The summed E-state index contributed by atoms with van der Waals surface area (Å²) in [6.07, 6.45) is -1.14. The number of nitrogens with one attached hydrogen (secondary N) is 1. The zero-order valence-electron chi connectivity index (χ0n) is 16.5. The largest absolute Gasteiger partial charge is 0.416 e. The van der Waals surface area contributed by atoms with Crippen molar-refractivity contribution >= 4 is 45.3 Å². The number of nitrogens with two attached hydrogens (primary N) is 1. The molecule has 2 heterocycles. The second kappa shape index (κ2) is 8.58. The summed E-state index contributed by atoms with van der Waals surface area (Å²) in [5.74, 6) is -1.01. The molecule has 3 N–H and O–H groups in total. The smallest absolute Gasteiger partial charge is 0.351 e. The van der Waals surface area contributed by atoms with E-state index in [0.717, 1.165) is 58.2 Å². The first-order chi connectivity index (χ1) is 15.1. The van der Waals surface area contributed by atoms with Gasteiger partial charge in [0.05, 0.1) is 22.4 Å². The lowest BCUT2D eigenvalue weighted by molar-refractivity contribution is -0.137. The number of thioether (sulfide) groups is 1. The normalized spacial score (nSPS) is 13.7. The summed E-state index contributed by atoms with van der Waals surface area (Å²) in [5.41, 5.74) is 4.45. The fourth-order valence-electron chi connectivity index (χ4n) is 3.64. The van der Waals surface area contributed by atoms with Crippen molar-refractivity contribution in [3.05, 3.63) is 50.6 Å². The molecule has 0 bridgehead atoms. The number of aromatic nitrogens is 2. The maximum Gasteiger partial charge on any atom is 0.416 e. The number of aryl methyl sites for hydroxylation is 2. The molecule has 168 valence electrons. The molecule has 32 heavy (non-hydrogen) atoms. The number of hydrogen-bond donors (Lipinski definition) is 2. The molecular formula is C20H17F3N4O3S2. The van der Waals surface area contributed by atoms with Crippen molar-refractivity contribution in [2.45, 2.75) is 37.0 Å². The van der Waals surface area contributed by atoms with Crippen molar-refractivity contribution in [1.29, 1.82) is 0 Å². The van der Waals surface area contributed by atoms with Crippen LogP contribution >= 0.6 is 23.1 Å². The highest BCUT2D eigenvalue weighted by Crippen LogP contribution is 2.36. The van der Waals surface area contributed by atoms with Crippen LogP contribution in [0.3, 0.4) is 0 Å². The van der Waals surface area contributed by atoms with Crippen LogP contribution in [0, 0.1) is 0 Å². The maximum absolute atomic E-state index is 13.5. The molecule has 3 aromatic rings. The highest BCUT2D eigenvalue weighted by molar-refractivity contribution is 7.99. The minimum Gasteiger partial charge on any atom is -0.351 e. The Labute approximate surface area is 187 Å². The molecule has 0 aliphatic heterocycles. The molecule has 0 atom stereocenters. The SMILES string of the molecule is NC(=O)NC(=O)CSc1nc2sc3c(c2c(=O)n1-c1cccc(C(F)(F)F)c1)CCCC3. The van der Waals surface area contributed by atoms with Crippen molar-refractivity contribution in [1.82, 2.24) is 14.9 Å². The Balaban J connectivity index is 1.88. The minimum atomic E-state index is -4.59. The Morgan fingerprint density at radius 2 is 2.00 bits per heavy atom. The number of rotatable bonds is 4. The van der Waals surface area contributed by atoms with E-state index in [1.54, 1.807) is 0 Å². The Morgan fingerprint density at radius 3 is 2.72 bits per heavy atom. The number of alkyl halides is 3. The lowest BCUT2D eigenvalue weighted by Crippen LogP contribution is -2.36. The fourth-order valence-corrected chi connectivity index (χ4v) is 5.75. The van der Waals surface area contributed by atoms with Gasteiger partial charge in [0.15, 0.2) is 5.16 Å². The van der Waals surface area contributed by atoms with E-state index in [9.17, 15) is 27.6 Å². The topological polar surface area (TPSA) is 107 Å². The molecule has 0 fully saturated rings. The van der Waals surface area contributed by atoms with E-state index in [4.69, 9.17) is 5.73 Å². The van der Waals surface area contributed by atoms with Crippen LogP contribution in [0.1, 0.15) is 28.8 Å². The number of fused-ring (bicyclic) bond motifs is 3. The Bertz CT molecular complexity index is 1280. The van der Waals surface area contributed by atoms with E-state index in [0.29, 0.717) is 16.6 Å². The number of halogens is 3. The molecule has 7 nitrogen and oxygen atoms in total. The van der Waals surface area contributed by atoms with Crippen LogP contribution in [-0.4, -0.2) is 27.2 Å². The van der Waals surface area contributed by atoms with Gasteiger partial charge in [-0.2, -0.15) is 13.2 Å². The molecule has 0 saturated heterocycles. The molecule has 3 amide bonds. The van der Waals surface area contributed by atoms with E-state index in [1.807, 2.05) is 5.32 Å². The zero-order valence-corrected chi connectivity index (χ0v) is 18.1. The van der Waals surface area contributed by atoms with Crippen molar-refractivity contribution in [3.63, 3.8) is 0 Å². The third kappa shape index (κ3) is 4.37. The molecule has 0 saturated carbocycles. The molecule has 12 heteroatoms. The third-order valence-electron chi connectivity index (χ3n) is 4.98. The van der Waals surface area contributed by atoms with Gasteiger partial charge in [-0.15, -0.1) is 11.3 Å². The van der Waals surface area contributed by atoms with E-state index in [-0.39, 0.29) is 16.6 Å². The Kier molecular flexibility index (Phi) is 5.99. The maximum atomic E-state index is 13.5. The van der Waals surface area contributed by atoms with Gasteiger partial charge in [0.25, 0.3) is 5.56 Å². The van der Waals surface area contributed by atoms with Gasteiger partial charge >= 0.3 is 12.2 Å². The summed E-state index contributed by atoms with van der Waals surface area (Å²) in [6, 6.07) is 3.37. The average Bonchev–Trinajstić information content (AvgIpc) is 3.10. The number of urea groups is 1. The van der Waals surface area contributed by atoms with Crippen molar-refractivity contribution in [2.24, 2.45) is 5.73 Å². The summed E-state index contributed by atoms with van der Waals surface area (Å²) in [4.78, 5) is 42.4. The standard InChI is InChI=1S/C20H17F3N4O3S2/c21-20(22,23)10-4-3-5-11(8-10)27-17(29)15-12-6-1-2-7-13(12)32-16(15)26-19(27)31-9-14(28)25-18(24)30/h3-5,8H,1-2,6-7,9H2,(H3,24,25,28,30). The summed E-state index contributed by atoms with van der Waals surface area (Å²) in [5, 5.41) is 2.38. The highest BCUT2D eigenvalue weighted by atomic mass is 32.2. The van der Waals surface area contributed by atoms with E-state index in [2.05, 4.69) is 4.98 Å². The average molecular weight is 483 g/mol. The number of carbonyl (C=O) groups excluding carboxylic acids is 2. The quantitative estimate of drug-likeness (QED) is 0.436. The van der Waals surface area contributed by atoms with Gasteiger partial charge in [0, 0.05) is 4.88 Å². The summed E-state index contributed by atoms with van der Waals surface area (Å²) in [6.45, 7) is 0. The van der Waals surface area contributed by atoms with Gasteiger partial charge < -0.3 is 5.73 Å². The van der Waals surface area contributed by atoms with Gasteiger partial charge in [0.2, 0.25) is 5.91 Å². The minimum absolute atomic E-state index is 0.00667. The van der Waals surface area contributed by atoms with Crippen LogP contribution in [0.5, 0.6) is 0 Å². The molecule has 0 radical (unpaired) electrons. The van der Waals surface area contributed by atoms with Gasteiger partial charge in [-0.25, -0.2) is 9.78 Å². The Hall–Kier alpha value is -2.86. The summed E-state index contributed by atoms with van der Waals surface area (Å²) in [7, 11) is 0. The first-order valence-corrected chi connectivity index (χ1v) is 11.4. The third-order valence-corrected chi connectivity index (χ3v) is 7.11. The van der Waals surface area contributed by atoms with Gasteiger partial charge in [-0.1, -0.05) is 17.8 Å². The van der Waals surface area contributed by atoms with Crippen LogP contribution in [0.2, 0.25) is 0 Å². The van der Waals surface area contributed by atoms with Crippen LogP contribution < -0.4 is 16.6 Å². The van der Waals surface area contributed by atoms with Gasteiger partial charge in [-0.05, 0) is 49.4 Å². The zero-order chi connectivity index (χ0) is 23.0. The highest BCUT2D eigenvalue weighted by Gasteiger charge is 2.31. The molecule has 1 aliphatic carbocycles. The second-order valence-corrected chi connectivity index (χ2v) is 9.20. The van der Waals surface area contributed by atoms with Crippen LogP contribution in [-0.2, 0) is 23.8 Å². The molecule has 1 aromatic carbocycles. The number of benzene rings is 1. The van der Waals surface area contributed by atoms with Crippen molar-refractivity contribution in [3.8, 4) is 5.69 Å². The lowest BCUT2D eigenvalue weighted by atomic mass is 9.97. The number of primary amides is 1. The number of nitrogens with zero attached hydrogens (tertiary/aromatic N) is 2. The van der Waals surface area contributed by atoms with Gasteiger partial charge in [-0.3, -0.25) is 19.5 Å². The number of amides is 3. The molecular weight excluding hydrogens is 465 g/mol. The summed E-state index contributed by atoms with van der Waals surface area (Å²) < 4.78 is 41.0. The van der Waals surface area contributed by atoms with Crippen molar-refractivity contribution in [2.75, 3.05) is 5.75 Å². The molecule has 4 rings (SSSR count). The monoisotopic (exact) mass is 482 g/mol.